The number of nitrogens with zero attached hydrogens (tertiary/aromatic N) is 2. The van der Waals surface area contributed by atoms with E-state index in [1.54, 1.807) is 0 Å². The van der Waals surface area contributed by atoms with Crippen LogP contribution in [0.5, 0.6) is 0 Å². The van der Waals surface area contributed by atoms with Crippen molar-refractivity contribution >= 4 is 23.4 Å². The monoisotopic (exact) mass is 377 g/mol. The second-order valence-corrected chi connectivity index (χ2v) is 7.37. The number of nitrogens with one attached hydrogen (secondary N) is 1. The van der Waals surface area contributed by atoms with Gasteiger partial charge in [0.1, 0.15) is 0 Å². The van der Waals surface area contributed by atoms with E-state index in [9.17, 15) is 4.39 Å². The second kappa shape index (κ2) is 8.64. The van der Waals surface area contributed by atoms with Gasteiger partial charge in [0, 0.05) is 11.6 Å². The highest BCUT2D eigenvalue weighted by Gasteiger charge is 2.23. The number of halogens is 2. The Morgan fingerprint density at radius 3 is 2.50 bits per heavy atom. The molecule has 5 N–H and O–H groups in total. The van der Waals surface area contributed by atoms with Gasteiger partial charge < -0.3 is 16.8 Å². The maximum atomic E-state index is 14.4. The van der Waals surface area contributed by atoms with Crippen molar-refractivity contribution in [3.63, 3.8) is 0 Å². The molecule has 0 spiro atoms. The van der Waals surface area contributed by atoms with Crippen LogP contribution in [-0.2, 0) is 13.0 Å². The zero-order valence-electron chi connectivity index (χ0n) is 14.7. The summed E-state index contributed by atoms with van der Waals surface area (Å²) in [5, 5.41) is 3.75. The lowest BCUT2D eigenvalue weighted by molar-refractivity contribution is 0.275. The molecule has 1 aromatic carbocycles. The van der Waals surface area contributed by atoms with Crippen LogP contribution in [0.15, 0.2) is 24.3 Å². The number of hydrogen-bond donors (Lipinski definition) is 3. The van der Waals surface area contributed by atoms with E-state index in [0.717, 1.165) is 37.8 Å². The molecule has 5 nitrogen and oxygen atoms in total. The van der Waals surface area contributed by atoms with Crippen LogP contribution >= 0.6 is 11.6 Å². The predicted molar refractivity (Wildman–Crippen MR) is 103 cm³/mol. The van der Waals surface area contributed by atoms with E-state index >= 15 is 0 Å². The second-order valence-electron chi connectivity index (χ2n) is 6.96. The van der Waals surface area contributed by atoms with Crippen LogP contribution in [0.2, 0.25) is 5.02 Å². The number of rotatable bonds is 6. The SMILES string of the molecule is NCC1CCC(Cc2nc(NCc3ccccc3Cl)nc(N)c2F)CC1. The van der Waals surface area contributed by atoms with Gasteiger partial charge in [0.2, 0.25) is 5.95 Å². The molecule has 26 heavy (non-hydrogen) atoms. The highest BCUT2D eigenvalue weighted by Crippen LogP contribution is 2.31. The molecule has 1 heterocycles. The predicted octanol–water partition coefficient (Wildman–Crippen LogP) is 3.77. The number of nitrogens with two attached hydrogens (primary N) is 2. The Hall–Kier alpha value is -1.92. The maximum Gasteiger partial charge on any atom is 0.225 e. The van der Waals surface area contributed by atoms with Crippen LogP contribution in [0, 0.1) is 17.7 Å². The van der Waals surface area contributed by atoms with E-state index in [1.165, 1.54) is 0 Å². The fourth-order valence-corrected chi connectivity index (χ4v) is 3.69. The fourth-order valence-electron chi connectivity index (χ4n) is 3.49. The van der Waals surface area contributed by atoms with Gasteiger partial charge in [0.05, 0.1) is 5.69 Å². The Balaban J connectivity index is 1.68. The standard InChI is InChI=1S/C19H25ClFN5/c20-15-4-2-1-3-14(15)11-24-19-25-16(17(21)18(23)26-19)9-12-5-7-13(10-22)8-6-12/h1-4,12-13H,5-11,22H2,(H3,23,24,25,26). The quantitative estimate of drug-likeness (QED) is 0.712. The lowest BCUT2D eigenvalue weighted by Crippen LogP contribution is -2.23. The Labute approximate surface area is 158 Å². The molecule has 0 aliphatic heterocycles. The number of benzene rings is 1. The van der Waals surface area contributed by atoms with Gasteiger partial charge in [-0.3, -0.25) is 0 Å². The first kappa shape index (κ1) is 18.9. The summed E-state index contributed by atoms with van der Waals surface area (Å²) < 4.78 is 14.4. The summed E-state index contributed by atoms with van der Waals surface area (Å²) >= 11 is 6.16. The maximum absolute atomic E-state index is 14.4. The van der Waals surface area contributed by atoms with E-state index in [0.29, 0.717) is 41.5 Å². The van der Waals surface area contributed by atoms with Gasteiger partial charge >= 0.3 is 0 Å². The molecular formula is C19H25ClFN5. The third-order valence-corrected chi connectivity index (χ3v) is 5.49. The van der Waals surface area contributed by atoms with Crippen molar-refractivity contribution in [2.24, 2.45) is 17.6 Å². The molecule has 7 heteroatoms. The molecule has 0 atom stereocenters. The van der Waals surface area contributed by atoms with Gasteiger partial charge in [0.15, 0.2) is 11.6 Å². The van der Waals surface area contributed by atoms with Crippen molar-refractivity contribution in [2.75, 3.05) is 17.6 Å². The summed E-state index contributed by atoms with van der Waals surface area (Å²) in [5.74, 6) is 0.716. The van der Waals surface area contributed by atoms with Crippen molar-refractivity contribution in [1.82, 2.24) is 9.97 Å². The summed E-state index contributed by atoms with van der Waals surface area (Å²) in [7, 11) is 0. The topological polar surface area (TPSA) is 89.8 Å². The summed E-state index contributed by atoms with van der Waals surface area (Å²) in [6.07, 6.45) is 4.87. The van der Waals surface area contributed by atoms with Crippen LogP contribution in [0.25, 0.3) is 0 Å². The number of hydrogen-bond acceptors (Lipinski definition) is 5. The Kier molecular flexibility index (Phi) is 6.27. The molecule has 0 bridgehead atoms. The Morgan fingerprint density at radius 1 is 1.12 bits per heavy atom. The van der Waals surface area contributed by atoms with Gasteiger partial charge in [-0.1, -0.05) is 29.8 Å². The fraction of sp³-hybridized carbons (Fsp3) is 0.474. The molecule has 1 aromatic heterocycles. The first-order valence-electron chi connectivity index (χ1n) is 9.06. The lowest BCUT2D eigenvalue weighted by atomic mass is 9.80. The van der Waals surface area contributed by atoms with Crippen molar-refractivity contribution in [1.29, 1.82) is 0 Å². The molecule has 1 aliphatic rings. The first-order valence-corrected chi connectivity index (χ1v) is 9.43. The van der Waals surface area contributed by atoms with E-state index in [4.69, 9.17) is 23.1 Å². The summed E-state index contributed by atoms with van der Waals surface area (Å²) in [4.78, 5) is 8.38. The van der Waals surface area contributed by atoms with Gasteiger partial charge in [-0.2, -0.15) is 4.98 Å². The van der Waals surface area contributed by atoms with E-state index < -0.39 is 5.82 Å². The largest absolute Gasteiger partial charge is 0.381 e. The van der Waals surface area contributed by atoms with Crippen LogP contribution in [0.1, 0.15) is 36.9 Å². The first-order chi connectivity index (χ1) is 12.6. The van der Waals surface area contributed by atoms with Crippen molar-refractivity contribution in [2.45, 2.75) is 38.6 Å². The number of anilines is 2. The smallest absolute Gasteiger partial charge is 0.225 e. The summed E-state index contributed by atoms with van der Waals surface area (Å²) in [5.41, 5.74) is 12.8. The van der Waals surface area contributed by atoms with Crippen LogP contribution in [0.4, 0.5) is 16.2 Å². The van der Waals surface area contributed by atoms with E-state index in [2.05, 4.69) is 15.3 Å². The van der Waals surface area contributed by atoms with Gasteiger partial charge in [-0.15, -0.1) is 0 Å². The molecule has 0 saturated heterocycles. The molecule has 0 radical (unpaired) electrons. The minimum absolute atomic E-state index is 0.118. The van der Waals surface area contributed by atoms with E-state index in [-0.39, 0.29) is 5.82 Å². The zero-order valence-corrected chi connectivity index (χ0v) is 15.5. The van der Waals surface area contributed by atoms with Crippen molar-refractivity contribution in [3.8, 4) is 0 Å². The molecule has 0 amide bonds. The van der Waals surface area contributed by atoms with Crippen molar-refractivity contribution < 1.29 is 4.39 Å². The average molecular weight is 378 g/mol. The number of aromatic nitrogens is 2. The zero-order chi connectivity index (χ0) is 18.5. The molecule has 1 aliphatic carbocycles. The van der Waals surface area contributed by atoms with Gasteiger partial charge in [-0.05, 0) is 62.1 Å². The van der Waals surface area contributed by atoms with Crippen LogP contribution in [0.3, 0.4) is 0 Å². The minimum atomic E-state index is -0.505. The lowest BCUT2D eigenvalue weighted by Gasteiger charge is -2.27. The molecule has 140 valence electrons. The third kappa shape index (κ3) is 4.62. The molecule has 0 unspecified atom stereocenters. The number of nitrogen functional groups attached to an aromatic ring is 1. The van der Waals surface area contributed by atoms with Crippen molar-refractivity contribution in [3.05, 3.63) is 46.4 Å². The van der Waals surface area contributed by atoms with Gasteiger partial charge in [0.25, 0.3) is 0 Å². The molecule has 2 aromatic rings. The molecule has 3 rings (SSSR count). The van der Waals surface area contributed by atoms with Crippen LogP contribution in [-0.4, -0.2) is 16.5 Å². The minimum Gasteiger partial charge on any atom is -0.381 e. The molecule has 1 fully saturated rings. The highest BCUT2D eigenvalue weighted by atomic mass is 35.5. The molecule has 1 saturated carbocycles. The van der Waals surface area contributed by atoms with Crippen LogP contribution < -0.4 is 16.8 Å². The van der Waals surface area contributed by atoms with E-state index in [1.807, 2.05) is 24.3 Å². The Morgan fingerprint density at radius 2 is 1.81 bits per heavy atom. The summed E-state index contributed by atoms with van der Waals surface area (Å²) in [6, 6.07) is 7.52. The third-order valence-electron chi connectivity index (χ3n) is 5.12. The summed E-state index contributed by atoms with van der Waals surface area (Å²) in [6.45, 7) is 1.18. The highest BCUT2D eigenvalue weighted by molar-refractivity contribution is 6.31. The average Bonchev–Trinajstić information content (AvgIpc) is 2.65. The Bertz CT molecular complexity index is 747. The van der Waals surface area contributed by atoms with Gasteiger partial charge in [-0.25, -0.2) is 9.37 Å². The molecular weight excluding hydrogens is 353 g/mol. The normalized spacial score (nSPS) is 20.1.